The molecule has 1 amide bonds. The Kier molecular flexibility index (Phi) is 2.95. The zero-order chi connectivity index (χ0) is 12.4. The van der Waals surface area contributed by atoms with Crippen LogP contribution in [0.3, 0.4) is 0 Å². The second kappa shape index (κ2) is 4.40. The number of carbonyl (C=O) groups excluding carboxylic acids is 1. The first-order chi connectivity index (χ1) is 8.09. The van der Waals surface area contributed by atoms with Gasteiger partial charge in [-0.05, 0) is 13.8 Å². The number of hydrogen-bond donors (Lipinski definition) is 1. The molecule has 2 heterocycles. The molecular formula is C11H15N5O. The number of aryl methyl sites for hydroxylation is 1. The Morgan fingerprint density at radius 3 is 2.82 bits per heavy atom. The molecule has 0 aliphatic rings. The van der Waals surface area contributed by atoms with Crippen molar-refractivity contribution in [2.75, 3.05) is 0 Å². The van der Waals surface area contributed by atoms with Crippen LogP contribution in [0.25, 0.3) is 0 Å². The molecule has 0 radical (unpaired) electrons. The van der Waals surface area contributed by atoms with Gasteiger partial charge < -0.3 is 5.32 Å². The van der Waals surface area contributed by atoms with Crippen LogP contribution in [0.1, 0.15) is 24.2 Å². The van der Waals surface area contributed by atoms with Crippen molar-refractivity contribution in [1.29, 1.82) is 0 Å². The molecule has 0 saturated heterocycles. The maximum atomic E-state index is 11.8. The highest BCUT2D eigenvalue weighted by Crippen LogP contribution is 2.15. The largest absolute Gasteiger partial charge is 0.331 e. The number of rotatable bonds is 2. The minimum Gasteiger partial charge on any atom is -0.331 e. The van der Waals surface area contributed by atoms with Crippen LogP contribution >= 0.6 is 0 Å². The van der Waals surface area contributed by atoms with Gasteiger partial charge in [-0.3, -0.25) is 9.25 Å². The quantitative estimate of drug-likeness (QED) is 0.848. The fraction of sp³-hybridized carbons (Fsp3) is 0.364. The van der Waals surface area contributed by atoms with Gasteiger partial charge in [0.15, 0.2) is 0 Å². The summed E-state index contributed by atoms with van der Waals surface area (Å²) in [6.07, 6.45) is 6.42. The summed E-state index contributed by atoms with van der Waals surface area (Å²) in [6.45, 7) is 3.90. The molecule has 0 aliphatic heterocycles. The molecule has 0 aromatic carbocycles. The Balaban J connectivity index is 2.10. The van der Waals surface area contributed by atoms with Gasteiger partial charge in [-0.1, -0.05) is 0 Å². The van der Waals surface area contributed by atoms with E-state index < -0.39 is 0 Å². The number of aromatic nitrogens is 4. The minimum absolute atomic E-state index is 0.0846. The van der Waals surface area contributed by atoms with E-state index in [9.17, 15) is 4.79 Å². The smallest absolute Gasteiger partial charge is 0.327 e. The van der Waals surface area contributed by atoms with Gasteiger partial charge in [0.1, 0.15) is 6.33 Å². The molecule has 2 rings (SSSR count). The summed E-state index contributed by atoms with van der Waals surface area (Å²) < 4.78 is 3.19. The molecule has 0 aliphatic carbocycles. The first kappa shape index (κ1) is 11.4. The molecule has 17 heavy (non-hydrogen) atoms. The summed E-state index contributed by atoms with van der Waals surface area (Å²) >= 11 is 0. The van der Waals surface area contributed by atoms with E-state index in [1.807, 2.05) is 20.9 Å². The van der Waals surface area contributed by atoms with Crippen LogP contribution in [0.2, 0.25) is 0 Å². The number of imidazole rings is 1. The van der Waals surface area contributed by atoms with Crippen molar-refractivity contribution >= 4 is 6.03 Å². The average molecular weight is 233 g/mol. The van der Waals surface area contributed by atoms with Crippen molar-refractivity contribution in [3.8, 4) is 0 Å². The second-order valence-corrected chi connectivity index (χ2v) is 3.95. The van der Waals surface area contributed by atoms with E-state index in [2.05, 4.69) is 15.4 Å². The molecule has 0 fully saturated rings. The lowest BCUT2D eigenvalue weighted by atomic mass is 10.1. The lowest BCUT2D eigenvalue weighted by Gasteiger charge is -2.13. The molecule has 2 aromatic heterocycles. The number of nitrogens with zero attached hydrogens (tertiary/aromatic N) is 4. The van der Waals surface area contributed by atoms with E-state index >= 15 is 0 Å². The third-order valence-corrected chi connectivity index (χ3v) is 2.82. The van der Waals surface area contributed by atoms with E-state index in [1.165, 1.54) is 10.9 Å². The molecule has 6 heteroatoms. The minimum atomic E-state index is -0.196. The van der Waals surface area contributed by atoms with Crippen LogP contribution in [-0.2, 0) is 7.05 Å². The van der Waals surface area contributed by atoms with E-state index in [-0.39, 0.29) is 12.1 Å². The van der Waals surface area contributed by atoms with Crippen molar-refractivity contribution in [1.82, 2.24) is 24.6 Å². The topological polar surface area (TPSA) is 64.7 Å². The highest BCUT2D eigenvalue weighted by atomic mass is 16.2. The van der Waals surface area contributed by atoms with Crippen molar-refractivity contribution in [2.24, 2.45) is 7.05 Å². The van der Waals surface area contributed by atoms with Gasteiger partial charge in [0.25, 0.3) is 0 Å². The Morgan fingerprint density at radius 2 is 2.29 bits per heavy atom. The predicted molar refractivity (Wildman–Crippen MR) is 62.5 cm³/mol. The number of amides is 1. The van der Waals surface area contributed by atoms with Crippen LogP contribution in [0.15, 0.2) is 24.9 Å². The Bertz CT molecular complexity index is 514. The standard InChI is InChI=1S/C11H15N5O/c1-8(10-6-13-15(3)9(10)2)14-11(17)16-5-4-12-7-16/h4-8H,1-3H3,(H,14,17). The monoisotopic (exact) mass is 233 g/mol. The van der Waals surface area contributed by atoms with Gasteiger partial charge in [0, 0.05) is 30.7 Å². The summed E-state index contributed by atoms with van der Waals surface area (Å²) in [4.78, 5) is 15.6. The third-order valence-electron chi connectivity index (χ3n) is 2.82. The van der Waals surface area contributed by atoms with Gasteiger partial charge >= 0.3 is 6.03 Å². The average Bonchev–Trinajstić information content (AvgIpc) is 2.90. The maximum Gasteiger partial charge on any atom is 0.327 e. The molecule has 90 valence electrons. The summed E-state index contributed by atoms with van der Waals surface area (Å²) in [7, 11) is 1.88. The van der Waals surface area contributed by atoms with Gasteiger partial charge in [0.05, 0.1) is 12.2 Å². The van der Waals surface area contributed by atoms with Gasteiger partial charge in [0.2, 0.25) is 0 Å². The van der Waals surface area contributed by atoms with Gasteiger partial charge in [-0.15, -0.1) is 0 Å². The Morgan fingerprint density at radius 1 is 1.53 bits per heavy atom. The Labute approximate surface area is 99.3 Å². The van der Waals surface area contributed by atoms with E-state index in [4.69, 9.17) is 0 Å². The van der Waals surface area contributed by atoms with Crippen molar-refractivity contribution < 1.29 is 4.79 Å². The second-order valence-electron chi connectivity index (χ2n) is 3.95. The number of carbonyl (C=O) groups is 1. The fourth-order valence-corrected chi connectivity index (χ4v) is 1.66. The lowest BCUT2D eigenvalue weighted by Crippen LogP contribution is -2.30. The SMILES string of the molecule is Cc1c(C(C)NC(=O)n2ccnc2)cnn1C. The first-order valence-corrected chi connectivity index (χ1v) is 5.37. The summed E-state index contributed by atoms with van der Waals surface area (Å²) in [6, 6.07) is -0.281. The molecule has 0 saturated carbocycles. The molecule has 1 atom stereocenters. The maximum absolute atomic E-state index is 11.8. The van der Waals surface area contributed by atoms with Crippen LogP contribution < -0.4 is 5.32 Å². The zero-order valence-corrected chi connectivity index (χ0v) is 10.1. The fourth-order valence-electron chi connectivity index (χ4n) is 1.66. The van der Waals surface area contributed by atoms with Crippen molar-refractivity contribution in [3.63, 3.8) is 0 Å². The highest BCUT2D eigenvalue weighted by molar-refractivity contribution is 5.76. The van der Waals surface area contributed by atoms with Crippen LogP contribution in [0.5, 0.6) is 0 Å². The summed E-state index contributed by atoms with van der Waals surface area (Å²) in [5, 5.41) is 7.04. The highest BCUT2D eigenvalue weighted by Gasteiger charge is 2.14. The van der Waals surface area contributed by atoms with E-state index in [0.717, 1.165) is 11.3 Å². The normalized spacial score (nSPS) is 12.4. The van der Waals surface area contributed by atoms with Crippen LogP contribution in [0, 0.1) is 6.92 Å². The lowest BCUT2D eigenvalue weighted by molar-refractivity contribution is 0.239. The third kappa shape index (κ3) is 2.20. The van der Waals surface area contributed by atoms with Gasteiger partial charge in [-0.25, -0.2) is 9.78 Å². The number of hydrogen-bond acceptors (Lipinski definition) is 3. The summed E-state index contributed by atoms with van der Waals surface area (Å²) in [5.74, 6) is 0. The molecule has 6 nitrogen and oxygen atoms in total. The molecule has 0 spiro atoms. The molecule has 2 aromatic rings. The van der Waals surface area contributed by atoms with E-state index in [0.29, 0.717) is 0 Å². The molecule has 1 unspecified atom stereocenters. The van der Waals surface area contributed by atoms with Crippen LogP contribution in [-0.4, -0.2) is 25.4 Å². The van der Waals surface area contributed by atoms with E-state index in [1.54, 1.807) is 23.3 Å². The zero-order valence-electron chi connectivity index (χ0n) is 10.1. The number of nitrogens with one attached hydrogen (secondary N) is 1. The van der Waals surface area contributed by atoms with Crippen LogP contribution in [0.4, 0.5) is 4.79 Å². The Hall–Kier alpha value is -2.11. The van der Waals surface area contributed by atoms with Crippen molar-refractivity contribution in [3.05, 3.63) is 36.2 Å². The molecule has 1 N–H and O–H groups in total. The van der Waals surface area contributed by atoms with Gasteiger partial charge in [-0.2, -0.15) is 5.10 Å². The van der Waals surface area contributed by atoms with Crippen molar-refractivity contribution in [2.45, 2.75) is 19.9 Å². The summed E-state index contributed by atoms with van der Waals surface area (Å²) in [5.41, 5.74) is 2.06. The first-order valence-electron chi connectivity index (χ1n) is 5.37. The molecule has 0 bridgehead atoms. The molecular weight excluding hydrogens is 218 g/mol. The predicted octanol–water partition coefficient (Wildman–Crippen LogP) is 1.24.